The fourth-order valence-electron chi connectivity index (χ4n) is 2.02. The van der Waals surface area contributed by atoms with Gasteiger partial charge in [-0.3, -0.25) is 0 Å². The molecule has 2 N–H and O–H groups in total. The predicted molar refractivity (Wildman–Crippen MR) is 72.3 cm³/mol. The molecule has 0 aliphatic rings. The lowest BCUT2D eigenvalue weighted by molar-refractivity contribution is 0.422. The molecule has 0 saturated heterocycles. The van der Waals surface area contributed by atoms with E-state index in [4.69, 9.17) is 17.3 Å². The summed E-state index contributed by atoms with van der Waals surface area (Å²) in [6.07, 6.45) is 1.91. The molecule has 0 aliphatic heterocycles. The second kappa shape index (κ2) is 5.35. The van der Waals surface area contributed by atoms with Gasteiger partial charge in [0.2, 0.25) is 0 Å². The summed E-state index contributed by atoms with van der Waals surface area (Å²) < 4.78 is 1.80. The van der Waals surface area contributed by atoms with Crippen LogP contribution in [0.5, 0.6) is 0 Å². The van der Waals surface area contributed by atoms with E-state index in [1.165, 1.54) is 0 Å². The zero-order chi connectivity index (χ0) is 13.1. The lowest BCUT2D eigenvalue weighted by atomic mass is 10.1. The van der Waals surface area contributed by atoms with E-state index in [9.17, 15) is 0 Å². The van der Waals surface area contributed by atoms with Crippen LogP contribution in [0.25, 0.3) is 11.4 Å². The maximum atomic E-state index is 6.20. The first-order chi connectivity index (χ1) is 8.69. The van der Waals surface area contributed by atoms with Crippen molar-refractivity contribution < 1.29 is 0 Å². The average Bonchev–Trinajstić information content (AvgIpc) is 2.80. The van der Waals surface area contributed by atoms with Crippen LogP contribution in [0.4, 0.5) is 5.69 Å². The van der Waals surface area contributed by atoms with E-state index in [1.54, 1.807) is 16.8 Å². The smallest absolute Gasteiger partial charge is 0.185 e. The van der Waals surface area contributed by atoms with Crippen LogP contribution in [0.2, 0.25) is 5.02 Å². The van der Waals surface area contributed by atoms with E-state index < -0.39 is 0 Å². The van der Waals surface area contributed by atoms with Crippen LogP contribution in [0.15, 0.2) is 18.2 Å². The number of rotatable bonds is 4. The molecule has 1 aromatic heterocycles. The first-order valence-electron chi connectivity index (χ1n) is 6.01. The highest BCUT2D eigenvalue weighted by atomic mass is 35.5. The highest BCUT2D eigenvalue weighted by Crippen LogP contribution is 2.33. The van der Waals surface area contributed by atoms with Crippen molar-refractivity contribution in [2.24, 2.45) is 0 Å². The van der Waals surface area contributed by atoms with Gasteiger partial charge in [-0.25, -0.2) is 4.68 Å². The average molecular weight is 266 g/mol. The standard InChI is InChI=1S/C12H16ClN5/c1-3-8(4-2)18-12(15-16-17-18)11-9(13)6-5-7-10(11)14/h5-8H,3-4,14H2,1-2H3. The summed E-state index contributed by atoms with van der Waals surface area (Å²) in [4.78, 5) is 0. The van der Waals surface area contributed by atoms with Crippen LogP contribution in [0, 0.1) is 0 Å². The topological polar surface area (TPSA) is 69.6 Å². The second-order valence-corrected chi connectivity index (χ2v) is 4.53. The monoisotopic (exact) mass is 265 g/mol. The number of aromatic nitrogens is 4. The first-order valence-corrected chi connectivity index (χ1v) is 6.39. The molecule has 0 radical (unpaired) electrons. The molecule has 0 amide bonds. The third-order valence-electron chi connectivity index (χ3n) is 3.05. The zero-order valence-corrected chi connectivity index (χ0v) is 11.2. The highest BCUT2D eigenvalue weighted by Gasteiger charge is 2.19. The molecule has 5 nitrogen and oxygen atoms in total. The molecule has 0 atom stereocenters. The van der Waals surface area contributed by atoms with E-state index in [2.05, 4.69) is 29.4 Å². The number of halogens is 1. The highest BCUT2D eigenvalue weighted by molar-refractivity contribution is 6.33. The Morgan fingerprint density at radius 2 is 2.06 bits per heavy atom. The zero-order valence-electron chi connectivity index (χ0n) is 10.5. The maximum absolute atomic E-state index is 6.20. The minimum absolute atomic E-state index is 0.255. The van der Waals surface area contributed by atoms with Gasteiger partial charge < -0.3 is 5.73 Å². The number of nitrogen functional groups attached to an aromatic ring is 1. The van der Waals surface area contributed by atoms with Crippen molar-refractivity contribution >= 4 is 17.3 Å². The van der Waals surface area contributed by atoms with Gasteiger partial charge in [0.15, 0.2) is 5.82 Å². The van der Waals surface area contributed by atoms with Gasteiger partial charge in [0, 0.05) is 5.69 Å². The number of hydrogen-bond acceptors (Lipinski definition) is 4. The molecule has 0 fully saturated rings. The van der Waals surface area contributed by atoms with Crippen molar-refractivity contribution in [3.63, 3.8) is 0 Å². The van der Waals surface area contributed by atoms with Crippen molar-refractivity contribution in [1.82, 2.24) is 20.2 Å². The Morgan fingerprint density at radius 1 is 1.33 bits per heavy atom. The Morgan fingerprint density at radius 3 is 2.67 bits per heavy atom. The van der Waals surface area contributed by atoms with Crippen LogP contribution in [-0.2, 0) is 0 Å². The van der Waals surface area contributed by atoms with Gasteiger partial charge in [-0.1, -0.05) is 31.5 Å². The van der Waals surface area contributed by atoms with Crippen LogP contribution in [0.1, 0.15) is 32.7 Å². The van der Waals surface area contributed by atoms with Crippen LogP contribution < -0.4 is 5.73 Å². The van der Waals surface area contributed by atoms with Crippen LogP contribution in [0.3, 0.4) is 0 Å². The number of nitrogens with two attached hydrogens (primary N) is 1. The molecule has 1 aromatic carbocycles. The summed E-state index contributed by atoms with van der Waals surface area (Å²) in [6, 6.07) is 5.66. The summed E-state index contributed by atoms with van der Waals surface area (Å²) in [7, 11) is 0. The third kappa shape index (κ3) is 2.18. The van der Waals surface area contributed by atoms with Crippen molar-refractivity contribution in [1.29, 1.82) is 0 Å². The lowest BCUT2D eigenvalue weighted by Crippen LogP contribution is -2.11. The molecule has 6 heteroatoms. The quantitative estimate of drug-likeness (QED) is 0.863. The fourth-order valence-corrected chi connectivity index (χ4v) is 2.28. The van der Waals surface area contributed by atoms with Gasteiger partial charge in [-0.2, -0.15) is 0 Å². The maximum Gasteiger partial charge on any atom is 0.185 e. The van der Waals surface area contributed by atoms with Gasteiger partial charge in [-0.05, 0) is 35.4 Å². The third-order valence-corrected chi connectivity index (χ3v) is 3.37. The Kier molecular flexibility index (Phi) is 3.81. The number of hydrogen-bond donors (Lipinski definition) is 1. The molecule has 18 heavy (non-hydrogen) atoms. The lowest BCUT2D eigenvalue weighted by Gasteiger charge is -2.15. The molecule has 1 heterocycles. The minimum atomic E-state index is 0.255. The molecule has 96 valence electrons. The van der Waals surface area contributed by atoms with Crippen LogP contribution in [-0.4, -0.2) is 20.2 Å². The number of tetrazole rings is 1. The Balaban J connectivity index is 2.55. The van der Waals surface area contributed by atoms with E-state index >= 15 is 0 Å². The summed E-state index contributed by atoms with van der Waals surface area (Å²) in [6.45, 7) is 4.21. The van der Waals surface area contributed by atoms with E-state index in [1.807, 2.05) is 6.07 Å². The van der Waals surface area contributed by atoms with Gasteiger partial charge in [0.1, 0.15) is 0 Å². The summed E-state index contributed by atoms with van der Waals surface area (Å²) >= 11 is 6.20. The molecule has 0 unspecified atom stereocenters. The Labute approximate surface area is 111 Å². The van der Waals surface area contributed by atoms with Gasteiger partial charge in [0.25, 0.3) is 0 Å². The van der Waals surface area contributed by atoms with E-state index in [0.29, 0.717) is 22.1 Å². The van der Waals surface area contributed by atoms with Crippen LogP contribution >= 0.6 is 11.6 Å². The number of anilines is 1. The summed E-state index contributed by atoms with van der Waals surface area (Å²) in [5.41, 5.74) is 7.26. The molecule has 0 bridgehead atoms. The van der Waals surface area contributed by atoms with Gasteiger partial charge in [-0.15, -0.1) is 5.10 Å². The summed E-state index contributed by atoms with van der Waals surface area (Å²) in [5.74, 6) is 0.631. The SMILES string of the molecule is CCC(CC)n1nnnc1-c1c(N)cccc1Cl. The fraction of sp³-hybridized carbons (Fsp3) is 0.417. The Hall–Kier alpha value is -1.62. The second-order valence-electron chi connectivity index (χ2n) is 4.12. The van der Waals surface area contributed by atoms with Gasteiger partial charge >= 0.3 is 0 Å². The van der Waals surface area contributed by atoms with E-state index in [-0.39, 0.29) is 6.04 Å². The first kappa shape index (κ1) is 12.8. The molecular weight excluding hydrogens is 250 g/mol. The summed E-state index contributed by atoms with van der Waals surface area (Å²) in [5, 5.41) is 12.4. The number of nitrogens with zero attached hydrogens (tertiary/aromatic N) is 4. The minimum Gasteiger partial charge on any atom is -0.398 e. The van der Waals surface area contributed by atoms with E-state index in [0.717, 1.165) is 12.8 Å². The van der Waals surface area contributed by atoms with Crippen molar-refractivity contribution in [2.75, 3.05) is 5.73 Å². The normalized spacial score (nSPS) is 11.1. The predicted octanol–water partition coefficient (Wildman–Crippen LogP) is 2.94. The largest absolute Gasteiger partial charge is 0.398 e. The molecular formula is C12H16ClN5. The van der Waals surface area contributed by atoms with Crippen molar-refractivity contribution in [2.45, 2.75) is 32.7 Å². The molecule has 0 saturated carbocycles. The molecule has 0 aliphatic carbocycles. The van der Waals surface area contributed by atoms with Crippen molar-refractivity contribution in [3.8, 4) is 11.4 Å². The van der Waals surface area contributed by atoms with Crippen molar-refractivity contribution in [3.05, 3.63) is 23.2 Å². The van der Waals surface area contributed by atoms with Gasteiger partial charge in [0.05, 0.1) is 16.6 Å². The molecule has 2 aromatic rings. The number of benzene rings is 1. The molecule has 0 spiro atoms. The molecule has 2 rings (SSSR count). The Bertz CT molecular complexity index is 513.